The Hall–Kier alpha value is -2.21. The Morgan fingerprint density at radius 2 is 1.85 bits per heavy atom. The van der Waals surface area contributed by atoms with E-state index >= 15 is 0 Å². The van der Waals surface area contributed by atoms with Gasteiger partial charge in [0.15, 0.2) is 0 Å². The van der Waals surface area contributed by atoms with E-state index in [2.05, 4.69) is 15.2 Å². The summed E-state index contributed by atoms with van der Waals surface area (Å²) in [4.78, 5) is 44.0. The van der Waals surface area contributed by atoms with Crippen LogP contribution in [0.1, 0.15) is 0 Å². The zero-order valence-electron chi connectivity index (χ0n) is 9.84. The van der Waals surface area contributed by atoms with E-state index in [1.54, 1.807) is 0 Å². The van der Waals surface area contributed by atoms with Crippen molar-refractivity contribution in [3.05, 3.63) is 0 Å². The number of nitrogens with two attached hydrogens (primary N) is 1. The van der Waals surface area contributed by atoms with E-state index in [4.69, 9.17) is 4.55 Å². The predicted molar refractivity (Wildman–Crippen MR) is 58.3 cm³/mol. The maximum absolute atomic E-state index is 11.4. The van der Waals surface area contributed by atoms with Crippen LogP contribution in [0.4, 0.5) is 4.79 Å². The number of ketones is 1. The number of amides is 2. The quantitative estimate of drug-likeness (QED) is 0.134. The fourth-order valence-corrected chi connectivity index (χ4v) is 1.98. The second kappa shape index (κ2) is 5.83. The summed E-state index contributed by atoms with van der Waals surface area (Å²) in [5.41, 5.74) is 4.62. The van der Waals surface area contributed by atoms with Gasteiger partial charge in [-0.25, -0.2) is 13.9 Å². The van der Waals surface area contributed by atoms with Crippen LogP contribution in [0.5, 0.6) is 0 Å². The zero-order valence-corrected chi connectivity index (χ0v) is 10.7. The number of carbonyl (C=O) groups is 4. The first kappa shape index (κ1) is 15.8. The molecule has 1 aliphatic rings. The summed E-state index contributed by atoms with van der Waals surface area (Å²) in [7, 11) is -4.73. The third-order valence-corrected chi connectivity index (χ3v) is 3.14. The van der Waals surface area contributed by atoms with E-state index in [9.17, 15) is 27.6 Å². The van der Waals surface area contributed by atoms with E-state index in [0.29, 0.717) is 0 Å². The Balaban J connectivity index is 2.42. The predicted octanol–water partition coefficient (Wildman–Crippen LogP) is -2.54. The molecule has 1 atom stereocenters. The molecule has 1 heterocycles. The van der Waals surface area contributed by atoms with Crippen LogP contribution in [-0.4, -0.2) is 60.8 Å². The largest absolute Gasteiger partial charge is 0.456 e. The van der Waals surface area contributed by atoms with Gasteiger partial charge in [-0.1, -0.05) is 0 Å². The number of hydrogen-bond donors (Lipinski definition) is 2. The molecule has 0 radical (unpaired) electrons. The molecule has 1 rings (SSSR count). The number of β-lactam (4-membered cyclic amide) rings is 1. The smallest absolute Gasteiger partial charge is 0.404 e. The molecule has 0 aliphatic carbocycles. The van der Waals surface area contributed by atoms with E-state index in [-0.39, 0.29) is 10.9 Å². The van der Waals surface area contributed by atoms with Crippen molar-refractivity contribution >= 4 is 34.1 Å². The summed E-state index contributed by atoms with van der Waals surface area (Å²) in [5, 5.41) is 0. The Morgan fingerprint density at radius 1 is 1.30 bits per heavy atom. The number of nitrogens with zero attached hydrogens (tertiary/aromatic N) is 1. The molecule has 12 heteroatoms. The summed E-state index contributed by atoms with van der Waals surface area (Å²) >= 11 is 0. The van der Waals surface area contributed by atoms with Crippen molar-refractivity contribution in [1.82, 2.24) is 4.31 Å². The molecule has 2 amide bonds. The third kappa shape index (κ3) is 3.64. The lowest BCUT2D eigenvalue weighted by molar-refractivity contribution is -0.162. The molecule has 1 fully saturated rings. The molecule has 0 bridgehead atoms. The van der Waals surface area contributed by atoms with Crippen molar-refractivity contribution in [3.8, 4) is 0 Å². The summed E-state index contributed by atoms with van der Waals surface area (Å²) in [6.45, 7) is -1.45. The summed E-state index contributed by atoms with van der Waals surface area (Å²) in [5.74, 6) is -5.37. The molecule has 11 nitrogen and oxygen atoms in total. The van der Waals surface area contributed by atoms with Gasteiger partial charge in [-0.15, -0.1) is 0 Å². The summed E-state index contributed by atoms with van der Waals surface area (Å²) in [6, 6.07) is 0. The van der Waals surface area contributed by atoms with Crippen molar-refractivity contribution in [2.45, 2.75) is 0 Å². The van der Waals surface area contributed by atoms with Crippen LogP contribution in [-0.2, 0) is 34.2 Å². The minimum Gasteiger partial charge on any atom is -0.456 e. The second-order valence-corrected chi connectivity index (χ2v) is 4.90. The van der Waals surface area contributed by atoms with E-state index < -0.39 is 53.1 Å². The standard InChI is InChI=1S/C8H10N2O9S/c9-8(14)19-2-1-18-7(13)5(11)4-3-10(6(4)12)20(15,16)17/h4H,1-3H2,(H2,9,14)(H,15,16,17). The van der Waals surface area contributed by atoms with Gasteiger partial charge in [0.25, 0.3) is 11.7 Å². The first-order valence-corrected chi connectivity index (χ1v) is 6.46. The molecule has 20 heavy (non-hydrogen) atoms. The SMILES string of the molecule is NC(=O)OCCOC(=O)C(=O)C1CN(S(=O)(=O)O)C1=O. The number of Topliss-reactive ketones (excluding diaryl/α,β-unsaturated/α-hetero) is 1. The lowest BCUT2D eigenvalue weighted by atomic mass is 9.97. The van der Waals surface area contributed by atoms with E-state index in [1.807, 2.05) is 0 Å². The molecule has 0 saturated carbocycles. The van der Waals surface area contributed by atoms with Crippen LogP contribution < -0.4 is 5.73 Å². The highest BCUT2D eigenvalue weighted by molar-refractivity contribution is 7.84. The lowest BCUT2D eigenvalue weighted by Crippen LogP contribution is -2.59. The first-order valence-electron chi connectivity index (χ1n) is 5.06. The van der Waals surface area contributed by atoms with Crippen LogP contribution in [0.15, 0.2) is 0 Å². The Bertz CT molecular complexity index is 554. The monoisotopic (exact) mass is 310 g/mol. The second-order valence-electron chi connectivity index (χ2n) is 3.57. The number of primary amides is 1. The Kier molecular flexibility index (Phi) is 4.62. The molecule has 1 saturated heterocycles. The van der Waals surface area contributed by atoms with Gasteiger partial charge in [-0.2, -0.15) is 8.42 Å². The molecular formula is C8H10N2O9S. The average molecular weight is 310 g/mol. The number of carbonyl (C=O) groups excluding carboxylic acids is 4. The Labute approximate surface area is 112 Å². The zero-order chi connectivity index (χ0) is 15.5. The average Bonchev–Trinajstić information content (AvgIpc) is 2.30. The van der Waals surface area contributed by atoms with Crippen molar-refractivity contribution in [3.63, 3.8) is 0 Å². The molecular weight excluding hydrogens is 300 g/mol. The van der Waals surface area contributed by atoms with Crippen LogP contribution >= 0.6 is 0 Å². The van der Waals surface area contributed by atoms with Crippen molar-refractivity contribution in [1.29, 1.82) is 0 Å². The molecule has 1 aliphatic heterocycles. The van der Waals surface area contributed by atoms with E-state index in [1.165, 1.54) is 0 Å². The minimum atomic E-state index is -4.73. The molecule has 112 valence electrons. The molecule has 3 N–H and O–H groups in total. The molecule has 0 aromatic rings. The highest BCUT2D eigenvalue weighted by Gasteiger charge is 2.49. The van der Waals surface area contributed by atoms with Crippen LogP contribution in [0.2, 0.25) is 0 Å². The minimum absolute atomic E-state index is 0.0407. The maximum atomic E-state index is 11.4. The van der Waals surface area contributed by atoms with Gasteiger partial charge in [0, 0.05) is 0 Å². The van der Waals surface area contributed by atoms with Crippen LogP contribution in [0.25, 0.3) is 0 Å². The van der Waals surface area contributed by atoms with Gasteiger partial charge < -0.3 is 15.2 Å². The highest BCUT2D eigenvalue weighted by atomic mass is 32.2. The van der Waals surface area contributed by atoms with Crippen LogP contribution in [0.3, 0.4) is 0 Å². The number of hydrogen-bond acceptors (Lipinski definition) is 8. The fraction of sp³-hybridized carbons (Fsp3) is 0.500. The molecule has 0 spiro atoms. The Morgan fingerprint density at radius 3 is 2.30 bits per heavy atom. The molecule has 0 aromatic carbocycles. The van der Waals surface area contributed by atoms with Crippen molar-refractivity contribution < 1.29 is 41.6 Å². The van der Waals surface area contributed by atoms with Gasteiger partial charge in [0.05, 0.1) is 6.54 Å². The highest BCUT2D eigenvalue weighted by Crippen LogP contribution is 2.21. The van der Waals surface area contributed by atoms with Gasteiger partial charge in [0.2, 0.25) is 0 Å². The van der Waals surface area contributed by atoms with Gasteiger partial charge >= 0.3 is 22.4 Å². The summed E-state index contributed by atoms with van der Waals surface area (Å²) in [6.07, 6.45) is -1.09. The lowest BCUT2D eigenvalue weighted by Gasteiger charge is -2.33. The van der Waals surface area contributed by atoms with Crippen molar-refractivity contribution in [2.75, 3.05) is 19.8 Å². The van der Waals surface area contributed by atoms with E-state index in [0.717, 1.165) is 0 Å². The third-order valence-electron chi connectivity index (χ3n) is 2.25. The van der Waals surface area contributed by atoms with Gasteiger partial charge in [-0.05, 0) is 0 Å². The fourth-order valence-electron chi connectivity index (χ4n) is 1.29. The molecule has 0 aromatic heterocycles. The number of rotatable bonds is 6. The summed E-state index contributed by atoms with van der Waals surface area (Å²) < 4.78 is 38.4. The van der Waals surface area contributed by atoms with Crippen LogP contribution in [0, 0.1) is 5.92 Å². The normalized spacial score (nSPS) is 18.1. The first-order chi connectivity index (χ1) is 9.14. The van der Waals surface area contributed by atoms with Gasteiger partial charge in [-0.3, -0.25) is 14.1 Å². The van der Waals surface area contributed by atoms with Gasteiger partial charge in [0.1, 0.15) is 19.1 Å². The van der Waals surface area contributed by atoms with Crippen molar-refractivity contribution in [2.24, 2.45) is 11.7 Å². The topological polar surface area (TPSA) is 170 Å². The molecule has 1 unspecified atom stereocenters. The number of esters is 1. The number of ether oxygens (including phenoxy) is 2. The maximum Gasteiger partial charge on any atom is 0.404 e.